The van der Waals surface area contributed by atoms with Crippen LogP contribution >= 0.6 is 11.6 Å². The molecule has 0 amide bonds. The number of aliphatic hydroxyl groups is 1. The van der Waals surface area contributed by atoms with Gasteiger partial charge in [-0.05, 0) is 43.0 Å². The zero-order valence-corrected chi connectivity index (χ0v) is 12.5. The molecule has 1 unspecified atom stereocenters. The summed E-state index contributed by atoms with van der Waals surface area (Å²) in [7, 11) is 0. The van der Waals surface area contributed by atoms with Crippen molar-refractivity contribution in [1.29, 1.82) is 0 Å². The summed E-state index contributed by atoms with van der Waals surface area (Å²) in [6, 6.07) is 7.74. The molecule has 0 aliphatic carbocycles. The molecule has 0 radical (unpaired) electrons. The molecule has 1 heterocycles. The molecule has 3 nitrogen and oxygen atoms in total. The lowest BCUT2D eigenvalue weighted by molar-refractivity contribution is 0.255. The highest BCUT2D eigenvalue weighted by molar-refractivity contribution is 6.31. The second kappa shape index (κ2) is 7.46. The number of nitrogens with zero attached hydrogens (tertiary/aromatic N) is 1. The summed E-state index contributed by atoms with van der Waals surface area (Å²) in [4.78, 5) is 4.34. The maximum atomic E-state index is 9.11. The van der Waals surface area contributed by atoms with Gasteiger partial charge in [0.1, 0.15) is 0 Å². The maximum Gasteiger partial charge on any atom is 0.0737 e. The molecule has 0 fully saturated rings. The summed E-state index contributed by atoms with van der Waals surface area (Å²) >= 11 is 5.99. The molecule has 20 heavy (non-hydrogen) atoms. The highest BCUT2D eigenvalue weighted by Crippen LogP contribution is 2.25. The second-order valence-electron chi connectivity index (χ2n) is 5.07. The fraction of sp³-hybridized carbons (Fsp3) is 0.438. The number of pyridine rings is 1. The standard InChI is InChI=1S/C16H21ClN2O/c1-2-3-12(7-9-20)11-19-15-6-8-18-16-10-13(17)4-5-14(15)16/h4-6,8,10,12,20H,2-3,7,9,11H2,1H3,(H,18,19). The van der Waals surface area contributed by atoms with Gasteiger partial charge in [-0.1, -0.05) is 24.9 Å². The van der Waals surface area contributed by atoms with Gasteiger partial charge in [-0.2, -0.15) is 0 Å². The van der Waals surface area contributed by atoms with Gasteiger partial charge in [0.2, 0.25) is 0 Å². The number of halogens is 1. The van der Waals surface area contributed by atoms with Crippen molar-refractivity contribution in [2.45, 2.75) is 26.2 Å². The third-order valence-electron chi connectivity index (χ3n) is 3.52. The van der Waals surface area contributed by atoms with E-state index in [0.717, 1.165) is 42.4 Å². The lowest BCUT2D eigenvalue weighted by Gasteiger charge is -2.17. The maximum absolute atomic E-state index is 9.11. The summed E-state index contributed by atoms with van der Waals surface area (Å²) in [5.41, 5.74) is 1.97. The third kappa shape index (κ3) is 3.84. The highest BCUT2D eigenvalue weighted by Gasteiger charge is 2.08. The van der Waals surface area contributed by atoms with Gasteiger partial charge < -0.3 is 10.4 Å². The van der Waals surface area contributed by atoms with Gasteiger partial charge in [-0.15, -0.1) is 0 Å². The fourth-order valence-electron chi connectivity index (χ4n) is 2.47. The van der Waals surface area contributed by atoms with Crippen LogP contribution in [0, 0.1) is 5.92 Å². The predicted octanol–water partition coefficient (Wildman–Crippen LogP) is 4.10. The number of anilines is 1. The number of nitrogens with one attached hydrogen (secondary N) is 1. The minimum Gasteiger partial charge on any atom is -0.396 e. The van der Waals surface area contributed by atoms with Crippen LogP contribution in [0.4, 0.5) is 5.69 Å². The number of rotatable bonds is 7. The number of hydrogen-bond donors (Lipinski definition) is 2. The molecule has 2 aromatic rings. The molecular formula is C16H21ClN2O. The fourth-order valence-corrected chi connectivity index (χ4v) is 2.64. The lowest BCUT2D eigenvalue weighted by atomic mass is 10.00. The van der Waals surface area contributed by atoms with E-state index in [0.29, 0.717) is 10.9 Å². The Bertz CT molecular complexity index is 553. The highest BCUT2D eigenvalue weighted by atomic mass is 35.5. The smallest absolute Gasteiger partial charge is 0.0737 e. The van der Waals surface area contributed by atoms with Crippen molar-refractivity contribution in [2.24, 2.45) is 5.92 Å². The molecular weight excluding hydrogens is 272 g/mol. The Kier molecular flexibility index (Phi) is 5.62. The first-order chi connectivity index (χ1) is 9.74. The van der Waals surface area contributed by atoms with Crippen molar-refractivity contribution in [3.05, 3.63) is 35.5 Å². The molecule has 0 saturated heterocycles. The van der Waals surface area contributed by atoms with E-state index in [1.807, 2.05) is 24.3 Å². The quantitative estimate of drug-likeness (QED) is 0.807. The molecule has 108 valence electrons. The van der Waals surface area contributed by atoms with Gasteiger partial charge in [-0.3, -0.25) is 4.98 Å². The van der Waals surface area contributed by atoms with E-state index < -0.39 is 0 Å². The van der Waals surface area contributed by atoms with Crippen LogP contribution in [0.3, 0.4) is 0 Å². The number of aromatic nitrogens is 1. The monoisotopic (exact) mass is 292 g/mol. The van der Waals surface area contributed by atoms with Gasteiger partial charge in [-0.25, -0.2) is 0 Å². The lowest BCUT2D eigenvalue weighted by Crippen LogP contribution is -2.15. The van der Waals surface area contributed by atoms with Crippen molar-refractivity contribution < 1.29 is 5.11 Å². The van der Waals surface area contributed by atoms with Gasteiger partial charge >= 0.3 is 0 Å². The number of hydrogen-bond acceptors (Lipinski definition) is 3. The SMILES string of the molecule is CCCC(CCO)CNc1ccnc2cc(Cl)ccc12. The van der Waals surface area contributed by atoms with E-state index in [-0.39, 0.29) is 6.61 Å². The van der Waals surface area contributed by atoms with Crippen LogP contribution in [0.1, 0.15) is 26.2 Å². The predicted molar refractivity (Wildman–Crippen MR) is 85.3 cm³/mol. The molecule has 2 N–H and O–H groups in total. The zero-order valence-electron chi connectivity index (χ0n) is 11.8. The Balaban J connectivity index is 2.12. The van der Waals surface area contributed by atoms with Crippen LogP contribution in [-0.2, 0) is 0 Å². The van der Waals surface area contributed by atoms with Crippen molar-refractivity contribution in [2.75, 3.05) is 18.5 Å². The Labute approximate surface area is 125 Å². The van der Waals surface area contributed by atoms with Gasteiger partial charge in [0.25, 0.3) is 0 Å². The summed E-state index contributed by atoms with van der Waals surface area (Å²) < 4.78 is 0. The van der Waals surface area contributed by atoms with Crippen molar-refractivity contribution in [3.63, 3.8) is 0 Å². The molecule has 4 heteroatoms. The summed E-state index contributed by atoms with van der Waals surface area (Å²) in [5, 5.41) is 14.4. The third-order valence-corrected chi connectivity index (χ3v) is 3.76. The van der Waals surface area contributed by atoms with E-state index in [1.54, 1.807) is 6.20 Å². The average molecular weight is 293 g/mol. The van der Waals surface area contributed by atoms with E-state index >= 15 is 0 Å². The van der Waals surface area contributed by atoms with Crippen LogP contribution in [0.5, 0.6) is 0 Å². The first-order valence-electron chi connectivity index (χ1n) is 7.13. The van der Waals surface area contributed by atoms with Crippen LogP contribution in [0.2, 0.25) is 5.02 Å². The van der Waals surface area contributed by atoms with Crippen molar-refractivity contribution in [1.82, 2.24) is 4.98 Å². The Morgan fingerprint density at radius 1 is 1.30 bits per heavy atom. The van der Waals surface area contributed by atoms with E-state index in [4.69, 9.17) is 16.7 Å². The van der Waals surface area contributed by atoms with E-state index in [1.165, 1.54) is 0 Å². The van der Waals surface area contributed by atoms with Gasteiger partial charge in [0, 0.05) is 35.4 Å². The average Bonchev–Trinajstić information content (AvgIpc) is 2.44. The van der Waals surface area contributed by atoms with Crippen molar-refractivity contribution >= 4 is 28.2 Å². The molecule has 1 aromatic heterocycles. The Hall–Kier alpha value is -1.32. The first kappa shape index (κ1) is 15.1. The normalized spacial score (nSPS) is 12.6. The molecule has 0 saturated carbocycles. The molecule has 2 rings (SSSR count). The van der Waals surface area contributed by atoms with Gasteiger partial charge in [0.15, 0.2) is 0 Å². The molecule has 0 spiro atoms. The molecule has 0 aliphatic heterocycles. The zero-order chi connectivity index (χ0) is 14.4. The summed E-state index contributed by atoms with van der Waals surface area (Å²) in [5.74, 6) is 0.500. The second-order valence-corrected chi connectivity index (χ2v) is 5.50. The molecule has 1 aromatic carbocycles. The number of aliphatic hydroxyl groups excluding tert-OH is 1. The van der Waals surface area contributed by atoms with Crippen LogP contribution in [0.25, 0.3) is 10.9 Å². The summed E-state index contributed by atoms with van der Waals surface area (Å²) in [6.45, 7) is 3.30. The number of fused-ring (bicyclic) bond motifs is 1. The Morgan fingerprint density at radius 3 is 2.90 bits per heavy atom. The van der Waals surface area contributed by atoms with Crippen LogP contribution in [0.15, 0.2) is 30.5 Å². The Morgan fingerprint density at radius 2 is 2.15 bits per heavy atom. The molecule has 0 bridgehead atoms. The minimum atomic E-state index is 0.249. The van der Waals surface area contributed by atoms with Crippen LogP contribution < -0.4 is 5.32 Å². The van der Waals surface area contributed by atoms with Crippen molar-refractivity contribution in [3.8, 4) is 0 Å². The minimum absolute atomic E-state index is 0.249. The molecule has 1 atom stereocenters. The van der Waals surface area contributed by atoms with E-state index in [2.05, 4.69) is 17.2 Å². The van der Waals surface area contributed by atoms with Crippen LogP contribution in [-0.4, -0.2) is 23.2 Å². The number of benzene rings is 1. The molecule has 0 aliphatic rings. The topological polar surface area (TPSA) is 45.1 Å². The largest absolute Gasteiger partial charge is 0.396 e. The van der Waals surface area contributed by atoms with Gasteiger partial charge in [0.05, 0.1) is 5.52 Å². The summed E-state index contributed by atoms with van der Waals surface area (Å²) in [6.07, 6.45) is 4.90. The van der Waals surface area contributed by atoms with E-state index in [9.17, 15) is 0 Å². The first-order valence-corrected chi connectivity index (χ1v) is 7.51.